The van der Waals surface area contributed by atoms with Crippen molar-refractivity contribution in [2.75, 3.05) is 5.32 Å². The number of nitrogens with one attached hydrogen (secondary N) is 3. The van der Waals surface area contributed by atoms with Gasteiger partial charge in [-0.1, -0.05) is 38.1 Å². The fourth-order valence-corrected chi connectivity index (χ4v) is 4.90. The highest BCUT2D eigenvalue weighted by Gasteiger charge is 2.15. The molecule has 0 saturated heterocycles. The van der Waals surface area contributed by atoms with Crippen LogP contribution in [0.2, 0.25) is 0 Å². The fraction of sp³-hybridized carbons (Fsp3) is 0.161. The van der Waals surface area contributed by atoms with E-state index in [1.807, 2.05) is 32.0 Å². The largest absolute Gasteiger partial charge is 0.352 e. The SMILES string of the molecule is CC(C)CC(=O)Nc1cncc(C2=CCC=c3[nH]nc(-c4cc5c(-c6cccc(F)c6)cncc5[nH]4)c3=C2)c1. The van der Waals surface area contributed by atoms with Gasteiger partial charge < -0.3 is 10.3 Å². The van der Waals surface area contributed by atoms with Gasteiger partial charge in [0.15, 0.2) is 0 Å². The first-order chi connectivity index (χ1) is 18.9. The van der Waals surface area contributed by atoms with Crippen molar-refractivity contribution in [2.45, 2.75) is 26.7 Å². The lowest BCUT2D eigenvalue weighted by atomic mass is 10.0. The zero-order chi connectivity index (χ0) is 26.9. The van der Waals surface area contributed by atoms with Gasteiger partial charge in [0.05, 0.1) is 34.6 Å². The highest BCUT2D eigenvalue weighted by Crippen LogP contribution is 2.31. The van der Waals surface area contributed by atoms with E-state index in [2.05, 4.69) is 48.7 Å². The number of halogens is 1. The highest BCUT2D eigenvalue weighted by atomic mass is 19.1. The van der Waals surface area contributed by atoms with E-state index in [9.17, 15) is 9.18 Å². The number of hydrogen-bond donors (Lipinski definition) is 3. The maximum absolute atomic E-state index is 13.9. The number of H-pyrrole nitrogens is 2. The van der Waals surface area contributed by atoms with E-state index in [1.165, 1.54) is 12.1 Å². The molecule has 4 aromatic heterocycles. The van der Waals surface area contributed by atoms with Crippen LogP contribution >= 0.6 is 0 Å². The molecule has 0 unspecified atom stereocenters. The second-order valence-electron chi connectivity index (χ2n) is 10.1. The number of pyridine rings is 2. The minimum atomic E-state index is -0.291. The maximum atomic E-state index is 13.9. The summed E-state index contributed by atoms with van der Waals surface area (Å²) < 4.78 is 13.9. The van der Waals surface area contributed by atoms with E-state index >= 15 is 0 Å². The number of amides is 1. The van der Waals surface area contributed by atoms with Crippen LogP contribution in [-0.2, 0) is 4.79 Å². The number of hydrogen-bond acceptors (Lipinski definition) is 4. The molecule has 7 nitrogen and oxygen atoms in total. The summed E-state index contributed by atoms with van der Waals surface area (Å²) in [6, 6.07) is 10.5. The molecule has 5 aromatic rings. The van der Waals surface area contributed by atoms with Crippen LogP contribution in [0.3, 0.4) is 0 Å². The summed E-state index contributed by atoms with van der Waals surface area (Å²) in [4.78, 5) is 24.5. The van der Waals surface area contributed by atoms with Gasteiger partial charge in [-0.25, -0.2) is 4.39 Å². The molecule has 0 atom stereocenters. The molecule has 0 aliphatic heterocycles. The van der Waals surface area contributed by atoms with E-state index in [0.717, 1.165) is 55.1 Å². The standard InChI is InChI=1S/C31H27FN6O/c1-18(2)9-30(39)35-23-11-21(14-33-15-23)19-5-4-8-27-25(12-19)31(38-37-27)28-13-24-26(16-34-17-29(24)36-28)20-6-3-7-22(32)10-20/h3,5-8,10-18,36-37H,4,9H2,1-2H3,(H,35,39). The van der Waals surface area contributed by atoms with Crippen LogP contribution < -0.4 is 15.9 Å². The highest BCUT2D eigenvalue weighted by molar-refractivity contribution is 5.98. The van der Waals surface area contributed by atoms with Gasteiger partial charge in [-0.2, -0.15) is 5.10 Å². The van der Waals surface area contributed by atoms with Crippen molar-refractivity contribution in [1.82, 2.24) is 25.1 Å². The van der Waals surface area contributed by atoms with Gasteiger partial charge >= 0.3 is 0 Å². The van der Waals surface area contributed by atoms with Gasteiger partial charge in [0.1, 0.15) is 11.5 Å². The number of aromatic amines is 2. The summed E-state index contributed by atoms with van der Waals surface area (Å²) in [5, 5.41) is 13.6. The Labute approximate surface area is 224 Å². The first kappa shape index (κ1) is 24.5. The Kier molecular flexibility index (Phi) is 6.36. The van der Waals surface area contributed by atoms with Crippen molar-refractivity contribution < 1.29 is 9.18 Å². The fourth-order valence-electron chi connectivity index (χ4n) is 4.90. The normalized spacial score (nSPS) is 12.9. The van der Waals surface area contributed by atoms with Gasteiger partial charge in [0.25, 0.3) is 0 Å². The van der Waals surface area contributed by atoms with Gasteiger partial charge in [0.2, 0.25) is 5.91 Å². The van der Waals surface area contributed by atoms with Crippen molar-refractivity contribution in [3.05, 3.63) is 89.2 Å². The lowest BCUT2D eigenvalue weighted by Crippen LogP contribution is -2.23. The third-order valence-electron chi connectivity index (χ3n) is 6.68. The second kappa shape index (κ2) is 10.1. The average molecular weight is 519 g/mol. The van der Waals surface area contributed by atoms with E-state index in [4.69, 9.17) is 0 Å². The summed E-state index contributed by atoms with van der Waals surface area (Å²) in [5.74, 6) is -0.0420. The summed E-state index contributed by atoms with van der Waals surface area (Å²) >= 11 is 0. The first-order valence-corrected chi connectivity index (χ1v) is 12.9. The quantitative estimate of drug-likeness (QED) is 0.288. The van der Waals surface area contributed by atoms with Crippen LogP contribution in [-0.4, -0.2) is 31.1 Å². The van der Waals surface area contributed by atoms with Crippen LogP contribution in [0.15, 0.2) is 67.3 Å². The van der Waals surface area contributed by atoms with Crippen LogP contribution in [0.1, 0.15) is 32.3 Å². The van der Waals surface area contributed by atoms with Gasteiger partial charge in [0, 0.05) is 40.5 Å². The molecule has 4 heterocycles. The Bertz CT molecular complexity index is 1860. The zero-order valence-corrected chi connectivity index (χ0v) is 21.6. The maximum Gasteiger partial charge on any atom is 0.224 e. The number of nitrogens with zero attached hydrogens (tertiary/aromatic N) is 3. The third-order valence-corrected chi connectivity index (χ3v) is 6.68. The number of fused-ring (bicyclic) bond motifs is 2. The number of benzene rings is 1. The average Bonchev–Trinajstić information content (AvgIpc) is 3.45. The Morgan fingerprint density at radius 1 is 1.05 bits per heavy atom. The smallest absolute Gasteiger partial charge is 0.224 e. The Morgan fingerprint density at radius 3 is 2.77 bits per heavy atom. The Hall–Kier alpha value is -4.85. The van der Waals surface area contributed by atoms with Gasteiger partial charge in [-0.05, 0) is 53.8 Å². The molecular formula is C31H27FN6O. The van der Waals surface area contributed by atoms with E-state index < -0.39 is 0 Å². The summed E-state index contributed by atoms with van der Waals surface area (Å²) in [6.45, 7) is 4.03. The number of anilines is 1. The van der Waals surface area contributed by atoms with Crippen molar-refractivity contribution in [2.24, 2.45) is 5.92 Å². The lowest BCUT2D eigenvalue weighted by molar-refractivity contribution is -0.116. The van der Waals surface area contributed by atoms with E-state index in [1.54, 1.807) is 30.9 Å². The van der Waals surface area contributed by atoms with Crippen molar-refractivity contribution >= 4 is 40.2 Å². The molecule has 1 aromatic carbocycles. The van der Waals surface area contributed by atoms with Crippen LogP contribution in [0.4, 0.5) is 10.1 Å². The van der Waals surface area contributed by atoms with E-state index in [-0.39, 0.29) is 17.6 Å². The minimum Gasteiger partial charge on any atom is -0.352 e. The van der Waals surface area contributed by atoms with Crippen LogP contribution in [0.25, 0.3) is 51.1 Å². The molecule has 194 valence electrons. The molecule has 0 saturated carbocycles. The first-order valence-electron chi connectivity index (χ1n) is 12.9. The Morgan fingerprint density at radius 2 is 1.92 bits per heavy atom. The second-order valence-corrected chi connectivity index (χ2v) is 10.1. The van der Waals surface area contributed by atoms with Gasteiger partial charge in [-0.15, -0.1) is 0 Å². The molecule has 1 amide bonds. The molecule has 1 aliphatic rings. The number of allylic oxidation sites excluding steroid dienone is 2. The molecule has 0 fully saturated rings. The molecule has 8 heteroatoms. The molecule has 6 rings (SSSR count). The predicted octanol–water partition coefficient (Wildman–Crippen LogP) is 5.19. The molecular weight excluding hydrogens is 491 g/mol. The van der Waals surface area contributed by atoms with Crippen molar-refractivity contribution in [3.8, 4) is 22.5 Å². The number of rotatable bonds is 6. The van der Waals surface area contributed by atoms with Gasteiger partial charge in [-0.3, -0.25) is 19.9 Å². The monoisotopic (exact) mass is 518 g/mol. The number of carbonyl (C=O) groups is 1. The molecule has 39 heavy (non-hydrogen) atoms. The summed E-state index contributed by atoms with van der Waals surface area (Å²) in [6.07, 6.45) is 14.5. The van der Waals surface area contributed by atoms with Crippen molar-refractivity contribution in [1.29, 1.82) is 0 Å². The molecule has 0 radical (unpaired) electrons. The molecule has 0 bridgehead atoms. The number of aromatic nitrogens is 5. The third kappa shape index (κ3) is 5.01. The van der Waals surface area contributed by atoms with Crippen LogP contribution in [0, 0.1) is 11.7 Å². The van der Waals surface area contributed by atoms with Crippen LogP contribution in [0.5, 0.6) is 0 Å². The Balaban J connectivity index is 1.39. The molecule has 3 N–H and O–H groups in total. The number of carbonyl (C=O) groups excluding carboxylic acids is 1. The molecule has 1 aliphatic carbocycles. The summed E-state index contributed by atoms with van der Waals surface area (Å²) in [5.41, 5.74) is 6.59. The van der Waals surface area contributed by atoms with Crippen molar-refractivity contribution in [3.63, 3.8) is 0 Å². The molecule has 0 spiro atoms. The van der Waals surface area contributed by atoms with E-state index in [0.29, 0.717) is 18.5 Å². The minimum absolute atomic E-state index is 0.0265. The summed E-state index contributed by atoms with van der Waals surface area (Å²) in [7, 11) is 0. The predicted molar refractivity (Wildman–Crippen MR) is 152 cm³/mol. The zero-order valence-electron chi connectivity index (χ0n) is 21.6. The lowest BCUT2D eigenvalue weighted by Gasteiger charge is -2.09. The topological polar surface area (TPSA) is 99.3 Å².